The van der Waals surface area contributed by atoms with Gasteiger partial charge in [-0.15, -0.1) is 6.58 Å². The molecule has 2 atom stereocenters. The van der Waals surface area contributed by atoms with Gasteiger partial charge in [-0.3, -0.25) is 19.3 Å². The van der Waals surface area contributed by atoms with Crippen LogP contribution in [0.4, 0.5) is 0 Å². The summed E-state index contributed by atoms with van der Waals surface area (Å²) in [7, 11) is -2.17. The maximum Gasteiger partial charge on any atom is 0.262 e. The van der Waals surface area contributed by atoms with Crippen LogP contribution in [0.1, 0.15) is 51.8 Å². The maximum atomic E-state index is 13.1. The smallest absolute Gasteiger partial charge is 0.262 e. The van der Waals surface area contributed by atoms with Crippen LogP contribution in [0, 0.1) is 0 Å². The van der Waals surface area contributed by atoms with E-state index in [0.29, 0.717) is 16.7 Å². The largest absolute Gasteiger partial charge is 0.415 e. The van der Waals surface area contributed by atoms with Crippen molar-refractivity contribution < 1.29 is 18.8 Å². The second-order valence-electron chi connectivity index (χ2n) is 9.77. The van der Waals surface area contributed by atoms with Crippen molar-refractivity contribution in [1.29, 1.82) is 0 Å². The number of benzene rings is 2. The van der Waals surface area contributed by atoms with Gasteiger partial charge in [-0.05, 0) is 42.4 Å². The fraction of sp³-hybridized carbons (Fsp3) is 0.346. The van der Waals surface area contributed by atoms with E-state index >= 15 is 0 Å². The van der Waals surface area contributed by atoms with Crippen LogP contribution in [0.25, 0.3) is 0 Å². The van der Waals surface area contributed by atoms with Crippen LogP contribution < -0.4 is 5.32 Å². The molecule has 0 spiro atoms. The summed E-state index contributed by atoms with van der Waals surface area (Å²) < 4.78 is 6.41. The minimum absolute atomic E-state index is 0.0415. The second-order valence-corrected chi connectivity index (χ2v) is 14.6. The SMILES string of the molecule is C=C[C@@H]([C@H](CO[Si](C)(C)C(C)(C)C)NC(=O)c1ccccc1)N1C(=O)c2ccccc2C1=O. The predicted octanol–water partition coefficient (Wildman–Crippen LogP) is 4.66. The van der Waals surface area contributed by atoms with Crippen molar-refractivity contribution in [3.63, 3.8) is 0 Å². The molecule has 6 nitrogen and oxygen atoms in total. The number of nitrogens with zero attached hydrogens (tertiary/aromatic N) is 1. The fourth-order valence-corrected chi connectivity index (χ4v) is 4.54. The van der Waals surface area contributed by atoms with Crippen molar-refractivity contribution >= 4 is 26.0 Å². The summed E-state index contributed by atoms with van der Waals surface area (Å²) in [5, 5.41) is 2.95. The predicted molar refractivity (Wildman–Crippen MR) is 132 cm³/mol. The summed E-state index contributed by atoms with van der Waals surface area (Å²) in [5.74, 6) is -1.10. The summed E-state index contributed by atoms with van der Waals surface area (Å²) in [6.07, 6.45) is 1.53. The quantitative estimate of drug-likeness (QED) is 0.350. The molecule has 0 saturated heterocycles. The summed E-state index contributed by atoms with van der Waals surface area (Å²) >= 11 is 0. The summed E-state index contributed by atoms with van der Waals surface area (Å²) in [5.41, 5.74) is 1.20. The molecule has 0 bridgehead atoms. The molecule has 0 unspecified atom stereocenters. The minimum atomic E-state index is -2.17. The molecule has 33 heavy (non-hydrogen) atoms. The number of amides is 3. The Hall–Kier alpha value is -3.03. The highest BCUT2D eigenvalue weighted by molar-refractivity contribution is 6.74. The molecule has 1 N–H and O–H groups in total. The van der Waals surface area contributed by atoms with Crippen molar-refractivity contribution in [2.75, 3.05) is 6.61 Å². The highest BCUT2D eigenvalue weighted by Gasteiger charge is 2.43. The van der Waals surface area contributed by atoms with Gasteiger partial charge in [0.2, 0.25) is 0 Å². The molecule has 1 aliphatic heterocycles. The minimum Gasteiger partial charge on any atom is -0.415 e. The van der Waals surface area contributed by atoms with Crippen molar-refractivity contribution in [3.8, 4) is 0 Å². The molecule has 3 rings (SSSR count). The molecule has 0 fully saturated rings. The zero-order chi connectivity index (χ0) is 24.4. The van der Waals surface area contributed by atoms with Gasteiger partial charge in [-0.1, -0.05) is 57.2 Å². The Morgan fingerprint density at radius 2 is 1.55 bits per heavy atom. The summed E-state index contributed by atoms with van der Waals surface area (Å²) in [6.45, 7) is 14.7. The number of imide groups is 1. The van der Waals surface area contributed by atoms with E-state index in [-0.39, 0.29) is 17.6 Å². The molecule has 7 heteroatoms. The number of carbonyl (C=O) groups excluding carboxylic acids is 3. The van der Waals surface area contributed by atoms with Crippen molar-refractivity contribution in [1.82, 2.24) is 10.2 Å². The molecular weight excluding hydrogens is 432 g/mol. The normalized spacial score (nSPS) is 15.7. The van der Waals surface area contributed by atoms with E-state index in [0.717, 1.165) is 0 Å². The number of hydrogen-bond donors (Lipinski definition) is 1. The Labute approximate surface area is 196 Å². The molecule has 0 saturated carbocycles. The molecule has 0 aromatic heterocycles. The van der Waals surface area contributed by atoms with Gasteiger partial charge in [0.1, 0.15) is 0 Å². The van der Waals surface area contributed by atoms with E-state index in [1.807, 2.05) is 6.07 Å². The molecule has 1 heterocycles. The zero-order valence-corrected chi connectivity index (χ0v) is 20.9. The maximum absolute atomic E-state index is 13.1. The standard InChI is InChI=1S/C26H32N2O4Si/c1-7-22(28-24(30)19-15-11-12-16-20(19)25(28)31)21(17-32-33(5,6)26(2,3)4)27-23(29)18-13-9-8-10-14-18/h7-16,21-22H,1,17H2,2-6H3,(H,27,29)/t21-,22-/m0/s1. The fourth-order valence-electron chi connectivity index (χ4n) is 3.51. The molecule has 0 radical (unpaired) electrons. The molecule has 2 aromatic rings. The first-order valence-electron chi connectivity index (χ1n) is 11.1. The third kappa shape index (κ3) is 4.99. The van der Waals surface area contributed by atoms with Crippen molar-refractivity contribution in [3.05, 3.63) is 83.9 Å². The first-order chi connectivity index (χ1) is 15.5. The molecule has 0 aliphatic carbocycles. The summed E-state index contributed by atoms with van der Waals surface area (Å²) in [4.78, 5) is 40.5. The lowest BCUT2D eigenvalue weighted by molar-refractivity contribution is 0.0551. The summed E-state index contributed by atoms with van der Waals surface area (Å²) in [6, 6.07) is 14.1. The van der Waals surface area contributed by atoms with E-state index in [9.17, 15) is 14.4 Å². The first-order valence-corrected chi connectivity index (χ1v) is 14.0. The molecule has 3 amide bonds. The van der Waals surface area contributed by atoms with Crippen LogP contribution >= 0.6 is 0 Å². The van der Waals surface area contributed by atoms with Crippen molar-refractivity contribution in [2.45, 2.75) is 51.0 Å². The Bertz CT molecular complexity index is 1020. The molecule has 174 valence electrons. The average Bonchev–Trinajstić information content (AvgIpc) is 3.03. The Morgan fingerprint density at radius 1 is 1.03 bits per heavy atom. The van der Waals surface area contributed by atoms with Gasteiger partial charge < -0.3 is 9.74 Å². The lowest BCUT2D eigenvalue weighted by atomic mass is 10.1. The average molecular weight is 465 g/mol. The number of carbonyl (C=O) groups is 3. The van der Waals surface area contributed by atoms with Crippen molar-refractivity contribution in [2.24, 2.45) is 0 Å². The third-order valence-electron chi connectivity index (χ3n) is 6.56. The van der Waals surface area contributed by atoms with Gasteiger partial charge >= 0.3 is 0 Å². The monoisotopic (exact) mass is 464 g/mol. The Morgan fingerprint density at radius 3 is 2.03 bits per heavy atom. The lowest BCUT2D eigenvalue weighted by Crippen LogP contribution is -2.56. The zero-order valence-electron chi connectivity index (χ0n) is 19.9. The Balaban J connectivity index is 1.93. The topological polar surface area (TPSA) is 75.7 Å². The molecule has 2 aromatic carbocycles. The van der Waals surface area contributed by atoms with Crippen LogP contribution in [0.3, 0.4) is 0 Å². The lowest BCUT2D eigenvalue weighted by Gasteiger charge is -2.39. The van der Waals surface area contributed by atoms with Gasteiger partial charge in [0, 0.05) is 5.56 Å². The van der Waals surface area contributed by atoms with Gasteiger partial charge in [-0.2, -0.15) is 0 Å². The molecular formula is C26H32N2O4Si. The van der Waals surface area contributed by atoms with Crippen LogP contribution in [-0.2, 0) is 4.43 Å². The third-order valence-corrected chi connectivity index (χ3v) is 11.1. The number of fused-ring (bicyclic) bond motifs is 1. The number of nitrogens with one attached hydrogen (secondary N) is 1. The van der Waals surface area contributed by atoms with Gasteiger partial charge in [0.15, 0.2) is 8.32 Å². The van der Waals surface area contributed by atoms with Gasteiger partial charge in [0.05, 0.1) is 29.8 Å². The second kappa shape index (κ2) is 9.45. The highest BCUT2D eigenvalue weighted by Crippen LogP contribution is 2.37. The van der Waals surface area contributed by atoms with Gasteiger partial charge in [-0.25, -0.2) is 0 Å². The van der Waals surface area contributed by atoms with Crippen LogP contribution in [0.5, 0.6) is 0 Å². The van der Waals surface area contributed by atoms with E-state index in [1.54, 1.807) is 48.5 Å². The van der Waals surface area contributed by atoms with E-state index in [1.165, 1.54) is 11.0 Å². The van der Waals surface area contributed by atoms with Gasteiger partial charge in [0.25, 0.3) is 17.7 Å². The van der Waals surface area contributed by atoms with Crippen LogP contribution in [0.2, 0.25) is 18.1 Å². The van der Waals surface area contributed by atoms with Crippen LogP contribution in [-0.4, -0.2) is 49.6 Å². The van der Waals surface area contributed by atoms with E-state index < -0.39 is 32.2 Å². The highest BCUT2D eigenvalue weighted by atomic mass is 28.4. The Kier molecular flexibility index (Phi) is 7.05. The first kappa shape index (κ1) is 24.6. The van der Waals surface area contributed by atoms with E-state index in [4.69, 9.17) is 4.43 Å². The van der Waals surface area contributed by atoms with Crippen LogP contribution in [0.15, 0.2) is 67.3 Å². The number of hydrogen-bond acceptors (Lipinski definition) is 4. The molecule has 1 aliphatic rings. The number of rotatable bonds is 8. The van der Waals surface area contributed by atoms with E-state index in [2.05, 4.69) is 45.8 Å².